The molecule has 114 valence electrons. The van der Waals surface area contributed by atoms with Gasteiger partial charge >= 0.3 is 0 Å². The summed E-state index contributed by atoms with van der Waals surface area (Å²) in [6.45, 7) is 6.81. The summed E-state index contributed by atoms with van der Waals surface area (Å²) in [5, 5.41) is 4.25. The van der Waals surface area contributed by atoms with Crippen LogP contribution in [-0.4, -0.2) is 32.9 Å². The molecule has 0 saturated heterocycles. The van der Waals surface area contributed by atoms with Crippen LogP contribution in [0, 0.1) is 0 Å². The lowest BCUT2D eigenvalue weighted by atomic mass is 10.0. The average molecular weight is 300 g/mol. The van der Waals surface area contributed by atoms with Gasteiger partial charge in [0.05, 0.1) is 7.11 Å². The Morgan fingerprint density at radius 3 is 2.70 bits per heavy atom. The average Bonchev–Trinajstić information content (AvgIpc) is 2.44. The first-order valence-electron chi connectivity index (χ1n) is 7.34. The highest BCUT2D eigenvalue weighted by Gasteiger charge is 2.12. The van der Waals surface area contributed by atoms with Crippen molar-refractivity contribution in [3.05, 3.63) is 28.8 Å². The SMILES string of the molecule is CCCOCCC(Cc1cc(Cl)ccc1OC)NCC. The molecule has 0 fully saturated rings. The van der Waals surface area contributed by atoms with Crippen LogP contribution in [0.5, 0.6) is 5.75 Å². The quantitative estimate of drug-likeness (QED) is 0.669. The molecular formula is C16H26ClNO2. The van der Waals surface area contributed by atoms with Gasteiger partial charge in [-0.15, -0.1) is 0 Å². The zero-order valence-corrected chi connectivity index (χ0v) is 13.5. The molecule has 0 aliphatic carbocycles. The zero-order chi connectivity index (χ0) is 14.8. The lowest BCUT2D eigenvalue weighted by Gasteiger charge is -2.19. The van der Waals surface area contributed by atoms with Gasteiger partial charge in [-0.2, -0.15) is 0 Å². The van der Waals surface area contributed by atoms with Crippen LogP contribution < -0.4 is 10.1 Å². The molecule has 0 amide bonds. The van der Waals surface area contributed by atoms with Crippen molar-refractivity contribution in [1.29, 1.82) is 0 Å². The fourth-order valence-electron chi connectivity index (χ4n) is 2.21. The molecule has 0 radical (unpaired) electrons. The molecule has 0 aromatic heterocycles. The maximum Gasteiger partial charge on any atom is 0.122 e. The Bertz CT molecular complexity index is 385. The molecule has 1 aromatic rings. The third-order valence-electron chi connectivity index (χ3n) is 3.16. The lowest BCUT2D eigenvalue weighted by molar-refractivity contribution is 0.124. The minimum atomic E-state index is 0.379. The van der Waals surface area contributed by atoms with Gasteiger partial charge in [-0.3, -0.25) is 0 Å². The normalized spacial score (nSPS) is 12.4. The number of rotatable bonds is 10. The highest BCUT2D eigenvalue weighted by atomic mass is 35.5. The number of methoxy groups -OCH3 is 1. The smallest absolute Gasteiger partial charge is 0.122 e. The van der Waals surface area contributed by atoms with Crippen molar-refractivity contribution in [3.63, 3.8) is 0 Å². The van der Waals surface area contributed by atoms with Crippen LogP contribution in [-0.2, 0) is 11.2 Å². The van der Waals surface area contributed by atoms with Gasteiger partial charge in [0.1, 0.15) is 5.75 Å². The number of ether oxygens (including phenoxy) is 2. The number of hydrogen-bond donors (Lipinski definition) is 1. The summed E-state index contributed by atoms with van der Waals surface area (Å²) in [6, 6.07) is 6.15. The number of hydrogen-bond acceptors (Lipinski definition) is 3. The number of halogens is 1. The molecule has 0 bridgehead atoms. The van der Waals surface area contributed by atoms with Gasteiger partial charge in [-0.1, -0.05) is 25.4 Å². The van der Waals surface area contributed by atoms with Gasteiger partial charge in [-0.05, 0) is 49.6 Å². The van der Waals surface area contributed by atoms with Crippen LogP contribution in [0.25, 0.3) is 0 Å². The predicted molar refractivity (Wildman–Crippen MR) is 84.9 cm³/mol. The van der Waals surface area contributed by atoms with E-state index in [0.29, 0.717) is 6.04 Å². The van der Waals surface area contributed by atoms with Crippen LogP contribution in [0.2, 0.25) is 5.02 Å². The molecule has 1 atom stereocenters. The van der Waals surface area contributed by atoms with E-state index in [1.807, 2.05) is 18.2 Å². The second kappa shape index (κ2) is 10.0. The first-order valence-corrected chi connectivity index (χ1v) is 7.72. The second-order valence-corrected chi connectivity index (χ2v) is 5.25. The minimum Gasteiger partial charge on any atom is -0.496 e. The van der Waals surface area contributed by atoms with Crippen molar-refractivity contribution < 1.29 is 9.47 Å². The van der Waals surface area contributed by atoms with Gasteiger partial charge in [0.2, 0.25) is 0 Å². The first-order chi connectivity index (χ1) is 9.71. The van der Waals surface area contributed by atoms with Crippen molar-refractivity contribution in [1.82, 2.24) is 5.32 Å². The predicted octanol–water partition coefficient (Wildman–Crippen LogP) is 3.69. The Balaban J connectivity index is 2.61. The van der Waals surface area contributed by atoms with Crippen molar-refractivity contribution in [2.75, 3.05) is 26.9 Å². The van der Waals surface area contributed by atoms with E-state index in [-0.39, 0.29) is 0 Å². The minimum absolute atomic E-state index is 0.379. The summed E-state index contributed by atoms with van der Waals surface area (Å²) in [6.07, 6.45) is 2.95. The standard InChI is InChI=1S/C16H26ClNO2/c1-4-9-20-10-8-15(18-5-2)12-13-11-14(17)6-7-16(13)19-3/h6-7,11,15,18H,4-5,8-10,12H2,1-3H3. The highest BCUT2D eigenvalue weighted by Crippen LogP contribution is 2.24. The third kappa shape index (κ3) is 6.12. The lowest BCUT2D eigenvalue weighted by Crippen LogP contribution is -2.32. The fraction of sp³-hybridized carbons (Fsp3) is 0.625. The van der Waals surface area contributed by atoms with Crippen molar-refractivity contribution in [2.45, 2.75) is 39.2 Å². The van der Waals surface area contributed by atoms with Crippen LogP contribution in [0.4, 0.5) is 0 Å². The summed E-state index contributed by atoms with van der Waals surface area (Å²) in [7, 11) is 1.69. The molecule has 4 heteroatoms. The van der Waals surface area contributed by atoms with E-state index >= 15 is 0 Å². The summed E-state index contributed by atoms with van der Waals surface area (Å²) in [5.74, 6) is 0.895. The fourth-order valence-corrected chi connectivity index (χ4v) is 2.40. The largest absolute Gasteiger partial charge is 0.496 e. The summed E-state index contributed by atoms with van der Waals surface area (Å²) in [4.78, 5) is 0. The Morgan fingerprint density at radius 1 is 1.25 bits per heavy atom. The Hall–Kier alpha value is -0.770. The molecule has 20 heavy (non-hydrogen) atoms. The molecule has 1 N–H and O–H groups in total. The molecule has 0 saturated carbocycles. The molecular weight excluding hydrogens is 274 g/mol. The molecule has 1 rings (SSSR count). The monoisotopic (exact) mass is 299 g/mol. The first kappa shape index (κ1) is 17.3. The Morgan fingerprint density at radius 2 is 2.05 bits per heavy atom. The maximum absolute atomic E-state index is 6.08. The summed E-state index contributed by atoms with van der Waals surface area (Å²) < 4.78 is 11.0. The maximum atomic E-state index is 6.08. The second-order valence-electron chi connectivity index (χ2n) is 4.82. The van der Waals surface area contributed by atoms with Crippen molar-refractivity contribution >= 4 is 11.6 Å². The van der Waals surface area contributed by atoms with E-state index in [2.05, 4.69) is 19.2 Å². The summed E-state index contributed by atoms with van der Waals surface area (Å²) >= 11 is 6.08. The molecule has 3 nitrogen and oxygen atoms in total. The van der Waals surface area contributed by atoms with Crippen LogP contribution in [0.1, 0.15) is 32.3 Å². The van der Waals surface area contributed by atoms with E-state index in [1.54, 1.807) is 7.11 Å². The Kier molecular flexibility index (Phi) is 8.67. The number of benzene rings is 1. The molecule has 0 spiro atoms. The van der Waals surface area contributed by atoms with E-state index in [1.165, 1.54) is 0 Å². The van der Waals surface area contributed by atoms with E-state index in [4.69, 9.17) is 21.1 Å². The summed E-state index contributed by atoms with van der Waals surface area (Å²) in [5.41, 5.74) is 1.14. The highest BCUT2D eigenvalue weighted by molar-refractivity contribution is 6.30. The third-order valence-corrected chi connectivity index (χ3v) is 3.40. The molecule has 0 heterocycles. The number of nitrogens with one attached hydrogen (secondary N) is 1. The van der Waals surface area contributed by atoms with E-state index in [9.17, 15) is 0 Å². The van der Waals surface area contributed by atoms with E-state index in [0.717, 1.165) is 55.4 Å². The van der Waals surface area contributed by atoms with Crippen LogP contribution in [0.15, 0.2) is 18.2 Å². The molecule has 0 aliphatic heterocycles. The van der Waals surface area contributed by atoms with Crippen molar-refractivity contribution in [2.24, 2.45) is 0 Å². The van der Waals surface area contributed by atoms with Gasteiger partial charge in [0.25, 0.3) is 0 Å². The van der Waals surface area contributed by atoms with Crippen LogP contribution in [0.3, 0.4) is 0 Å². The Labute approximate surface area is 127 Å². The van der Waals surface area contributed by atoms with E-state index < -0.39 is 0 Å². The van der Waals surface area contributed by atoms with Crippen molar-refractivity contribution in [3.8, 4) is 5.75 Å². The van der Waals surface area contributed by atoms with Gasteiger partial charge < -0.3 is 14.8 Å². The van der Waals surface area contributed by atoms with Gasteiger partial charge in [-0.25, -0.2) is 0 Å². The van der Waals surface area contributed by atoms with Gasteiger partial charge in [0, 0.05) is 24.3 Å². The van der Waals surface area contributed by atoms with Crippen LogP contribution >= 0.6 is 11.6 Å². The molecule has 1 aromatic carbocycles. The zero-order valence-electron chi connectivity index (χ0n) is 12.7. The molecule has 1 unspecified atom stereocenters. The number of likely N-dealkylation sites (N-methyl/N-ethyl adjacent to an activating group) is 1. The van der Waals surface area contributed by atoms with Gasteiger partial charge in [0.15, 0.2) is 0 Å². The topological polar surface area (TPSA) is 30.5 Å². The molecule has 0 aliphatic rings.